The summed E-state index contributed by atoms with van der Waals surface area (Å²) in [6.07, 6.45) is 5.56. The zero-order valence-electron chi connectivity index (χ0n) is 14.3. The number of para-hydroxylation sites is 1. The highest BCUT2D eigenvalue weighted by molar-refractivity contribution is 7.89. The average Bonchev–Trinajstić information content (AvgIpc) is 3.12. The predicted octanol–water partition coefficient (Wildman–Crippen LogP) is 2.45. The van der Waals surface area contributed by atoms with Crippen molar-refractivity contribution in [2.45, 2.75) is 37.1 Å². The lowest BCUT2D eigenvalue weighted by molar-refractivity contribution is 0.262. The summed E-state index contributed by atoms with van der Waals surface area (Å²) >= 11 is 0. The number of sulfonamides is 1. The van der Waals surface area contributed by atoms with Crippen molar-refractivity contribution in [1.82, 2.24) is 19.4 Å². The van der Waals surface area contributed by atoms with E-state index in [4.69, 9.17) is 0 Å². The van der Waals surface area contributed by atoms with Crippen LogP contribution in [0.15, 0.2) is 47.6 Å². The van der Waals surface area contributed by atoms with Crippen LogP contribution in [0.3, 0.4) is 0 Å². The molecule has 0 spiro atoms. The summed E-state index contributed by atoms with van der Waals surface area (Å²) in [5.74, 6) is 0. The first-order valence-corrected chi connectivity index (χ1v) is 9.89. The zero-order chi connectivity index (χ0) is 17.0. The zero-order valence-corrected chi connectivity index (χ0v) is 16.0. The molecule has 0 radical (unpaired) electrons. The summed E-state index contributed by atoms with van der Waals surface area (Å²) in [6.45, 7) is 4.29. The molecule has 2 heterocycles. The summed E-state index contributed by atoms with van der Waals surface area (Å²) in [5, 5.41) is 7.53. The van der Waals surface area contributed by atoms with Crippen LogP contribution < -0.4 is 5.32 Å². The summed E-state index contributed by atoms with van der Waals surface area (Å²) in [6, 6.07) is 9.61. The molecule has 1 N–H and O–H groups in total. The average molecular weight is 385 g/mol. The standard InChI is InChI=1S/C17H24N4O2S.ClH/c1-2-12-21(16-8-10-18-11-9-16)24(22,23)17-13-19-20(14-17)15-6-4-3-5-7-15;/h3-7,13-14,16,18H,2,8-12H2,1H3;1H. The van der Waals surface area contributed by atoms with Gasteiger partial charge in [0.15, 0.2) is 0 Å². The van der Waals surface area contributed by atoms with Gasteiger partial charge in [-0.05, 0) is 44.5 Å². The smallest absolute Gasteiger partial charge is 0.246 e. The molecule has 3 rings (SSSR count). The molecule has 1 aliphatic heterocycles. The molecule has 0 aliphatic carbocycles. The van der Waals surface area contributed by atoms with E-state index in [-0.39, 0.29) is 23.3 Å². The maximum absolute atomic E-state index is 13.1. The Kier molecular flexibility index (Phi) is 7.01. The number of rotatable bonds is 6. The van der Waals surface area contributed by atoms with E-state index in [0.29, 0.717) is 6.54 Å². The Bertz CT molecular complexity index is 758. The minimum absolute atomic E-state index is 0. The monoisotopic (exact) mass is 384 g/mol. The molecule has 1 aliphatic rings. The number of hydrogen-bond acceptors (Lipinski definition) is 4. The predicted molar refractivity (Wildman–Crippen MR) is 101 cm³/mol. The highest BCUT2D eigenvalue weighted by Gasteiger charge is 2.32. The lowest BCUT2D eigenvalue weighted by Gasteiger charge is -2.33. The van der Waals surface area contributed by atoms with Gasteiger partial charge in [0.05, 0.1) is 18.1 Å². The number of nitrogens with zero attached hydrogens (tertiary/aromatic N) is 3. The Morgan fingerprint density at radius 2 is 1.92 bits per heavy atom. The van der Waals surface area contributed by atoms with Gasteiger partial charge in [-0.15, -0.1) is 12.4 Å². The molecule has 0 atom stereocenters. The lowest BCUT2D eigenvalue weighted by atomic mass is 10.1. The fourth-order valence-electron chi connectivity index (χ4n) is 3.11. The largest absolute Gasteiger partial charge is 0.317 e. The molecule has 1 saturated heterocycles. The van der Waals surface area contributed by atoms with Crippen molar-refractivity contribution in [2.24, 2.45) is 0 Å². The van der Waals surface area contributed by atoms with Gasteiger partial charge in [0.25, 0.3) is 0 Å². The van der Waals surface area contributed by atoms with Crippen molar-refractivity contribution in [3.63, 3.8) is 0 Å². The van der Waals surface area contributed by atoms with E-state index in [1.807, 2.05) is 37.3 Å². The molecule has 0 amide bonds. The number of hydrogen-bond donors (Lipinski definition) is 1. The van der Waals surface area contributed by atoms with E-state index in [0.717, 1.165) is 38.0 Å². The first-order chi connectivity index (χ1) is 11.6. The molecule has 25 heavy (non-hydrogen) atoms. The van der Waals surface area contributed by atoms with Crippen LogP contribution in [0.2, 0.25) is 0 Å². The molecule has 8 heteroatoms. The van der Waals surface area contributed by atoms with Gasteiger partial charge in [0.1, 0.15) is 4.90 Å². The molecule has 0 unspecified atom stereocenters. The Morgan fingerprint density at radius 1 is 1.24 bits per heavy atom. The first-order valence-electron chi connectivity index (χ1n) is 8.45. The van der Waals surface area contributed by atoms with Crippen LogP contribution >= 0.6 is 12.4 Å². The molecule has 1 aromatic heterocycles. The fourth-order valence-corrected chi connectivity index (χ4v) is 4.82. The molecule has 6 nitrogen and oxygen atoms in total. The number of halogens is 1. The van der Waals surface area contributed by atoms with E-state index < -0.39 is 10.0 Å². The van der Waals surface area contributed by atoms with Gasteiger partial charge in [-0.25, -0.2) is 13.1 Å². The Balaban J connectivity index is 0.00000225. The Hall–Kier alpha value is -1.41. The lowest BCUT2D eigenvalue weighted by Crippen LogP contribution is -2.46. The van der Waals surface area contributed by atoms with E-state index in [1.165, 1.54) is 6.20 Å². The summed E-state index contributed by atoms with van der Waals surface area (Å²) in [5.41, 5.74) is 0.850. The quantitative estimate of drug-likeness (QED) is 0.830. The van der Waals surface area contributed by atoms with Gasteiger partial charge < -0.3 is 5.32 Å². The minimum atomic E-state index is -3.53. The van der Waals surface area contributed by atoms with Crippen molar-refractivity contribution >= 4 is 22.4 Å². The molecule has 1 aromatic carbocycles. The molecule has 138 valence electrons. The summed E-state index contributed by atoms with van der Waals surface area (Å²) < 4.78 is 29.5. The van der Waals surface area contributed by atoms with Crippen LogP contribution in [0.25, 0.3) is 5.69 Å². The van der Waals surface area contributed by atoms with E-state index in [1.54, 1.807) is 15.2 Å². The second kappa shape index (κ2) is 8.80. The third-order valence-corrected chi connectivity index (χ3v) is 6.25. The molecule has 1 fully saturated rings. The van der Waals surface area contributed by atoms with Crippen molar-refractivity contribution in [3.8, 4) is 5.69 Å². The summed E-state index contributed by atoms with van der Waals surface area (Å²) in [4.78, 5) is 0.262. The third-order valence-electron chi connectivity index (χ3n) is 4.35. The van der Waals surface area contributed by atoms with Gasteiger partial charge in [-0.1, -0.05) is 25.1 Å². The molecular formula is C17H25ClN4O2S. The molecule has 0 bridgehead atoms. The molecular weight excluding hydrogens is 360 g/mol. The number of aromatic nitrogens is 2. The highest BCUT2D eigenvalue weighted by atomic mass is 35.5. The second-order valence-electron chi connectivity index (χ2n) is 6.05. The van der Waals surface area contributed by atoms with Crippen molar-refractivity contribution < 1.29 is 8.42 Å². The SMILES string of the molecule is CCCN(C1CCNCC1)S(=O)(=O)c1cnn(-c2ccccc2)c1.Cl. The number of piperidine rings is 1. The van der Waals surface area contributed by atoms with Gasteiger partial charge in [-0.3, -0.25) is 0 Å². The van der Waals surface area contributed by atoms with E-state index in [2.05, 4.69) is 10.4 Å². The fraction of sp³-hybridized carbons (Fsp3) is 0.471. The van der Waals surface area contributed by atoms with E-state index in [9.17, 15) is 8.42 Å². The molecule has 2 aromatic rings. The van der Waals surface area contributed by atoms with Gasteiger partial charge in [0.2, 0.25) is 10.0 Å². The van der Waals surface area contributed by atoms with Crippen LogP contribution in [-0.4, -0.2) is 48.2 Å². The van der Waals surface area contributed by atoms with Crippen LogP contribution in [-0.2, 0) is 10.0 Å². The number of benzene rings is 1. The Morgan fingerprint density at radius 3 is 2.56 bits per heavy atom. The maximum Gasteiger partial charge on any atom is 0.246 e. The van der Waals surface area contributed by atoms with Gasteiger partial charge in [-0.2, -0.15) is 9.40 Å². The van der Waals surface area contributed by atoms with Crippen molar-refractivity contribution in [2.75, 3.05) is 19.6 Å². The van der Waals surface area contributed by atoms with Crippen molar-refractivity contribution in [1.29, 1.82) is 0 Å². The van der Waals surface area contributed by atoms with Gasteiger partial charge >= 0.3 is 0 Å². The minimum Gasteiger partial charge on any atom is -0.317 e. The number of nitrogens with one attached hydrogen (secondary N) is 1. The van der Waals surface area contributed by atoms with Gasteiger partial charge in [0, 0.05) is 12.6 Å². The van der Waals surface area contributed by atoms with Crippen LogP contribution in [0, 0.1) is 0 Å². The topological polar surface area (TPSA) is 67.2 Å². The maximum atomic E-state index is 13.1. The molecule has 0 saturated carbocycles. The second-order valence-corrected chi connectivity index (χ2v) is 7.94. The third kappa shape index (κ3) is 4.41. The van der Waals surface area contributed by atoms with E-state index >= 15 is 0 Å². The Labute approximate surface area is 155 Å². The summed E-state index contributed by atoms with van der Waals surface area (Å²) in [7, 11) is -3.53. The van der Waals surface area contributed by atoms with Crippen LogP contribution in [0.1, 0.15) is 26.2 Å². The van der Waals surface area contributed by atoms with Crippen molar-refractivity contribution in [3.05, 3.63) is 42.7 Å². The first kappa shape index (κ1) is 19.9. The van der Waals surface area contributed by atoms with Crippen LogP contribution in [0.5, 0.6) is 0 Å². The normalized spacial score (nSPS) is 15.9. The highest BCUT2D eigenvalue weighted by Crippen LogP contribution is 2.23. The van der Waals surface area contributed by atoms with Crippen LogP contribution in [0.4, 0.5) is 0 Å².